The second-order valence-corrected chi connectivity index (χ2v) is 7.60. The molecule has 1 amide bonds. The molecule has 7 nitrogen and oxygen atoms in total. The van der Waals surface area contributed by atoms with E-state index in [9.17, 15) is 4.79 Å². The number of carbonyl (C=O) groups excluding carboxylic acids is 1. The second kappa shape index (κ2) is 5.39. The van der Waals surface area contributed by atoms with Crippen molar-refractivity contribution in [1.29, 1.82) is 0 Å². The highest BCUT2D eigenvalue weighted by Gasteiger charge is 2.54. The van der Waals surface area contributed by atoms with Crippen LogP contribution in [0, 0.1) is 11.8 Å². The van der Waals surface area contributed by atoms with Gasteiger partial charge in [-0.3, -0.25) is 4.79 Å². The molecule has 0 atom stereocenters. The number of hydrogen-bond acceptors (Lipinski definition) is 5. The smallest absolute Gasteiger partial charge is 0.254 e. The molecule has 1 aromatic carbocycles. The van der Waals surface area contributed by atoms with Gasteiger partial charge >= 0.3 is 0 Å². The Labute approximate surface area is 155 Å². The number of benzene rings is 1. The summed E-state index contributed by atoms with van der Waals surface area (Å²) in [6.07, 6.45) is 4.49. The van der Waals surface area contributed by atoms with Gasteiger partial charge in [0.25, 0.3) is 5.91 Å². The van der Waals surface area contributed by atoms with Crippen molar-refractivity contribution < 1.29 is 4.79 Å². The molecule has 1 aliphatic heterocycles. The molecule has 2 bridgehead atoms. The Morgan fingerprint density at radius 1 is 1.11 bits per heavy atom. The summed E-state index contributed by atoms with van der Waals surface area (Å²) in [6, 6.07) is 12.2. The van der Waals surface area contributed by atoms with Crippen LogP contribution in [0.25, 0.3) is 11.5 Å². The van der Waals surface area contributed by atoms with Crippen LogP contribution in [0.15, 0.2) is 42.7 Å². The van der Waals surface area contributed by atoms with Crippen LogP contribution >= 0.6 is 0 Å². The first-order chi connectivity index (χ1) is 13.3. The van der Waals surface area contributed by atoms with Crippen LogP contribution in [0.5, 0.6) is 0 Å². The highest BCUT2D eigenvalue weighted by Crippen LogP contribution is 2.61. The van der Waals surface area contributed by atoms with Crippen LogP contribution in [-0.4, -0.2) is 25.7 Å². The second-order valence-electron chi connectivity index (χ2n) is 7.60. The molecule has 3 fully saturated rings. The Morgan fingerprint density at radius 2 is 1.96 bits per heavy atom. The van der Waals surface area contributed by atoms with Crippen LogP contribution in [0.4, 0.5) is 11.5 Å². The maximum Gasteiger partial charge on any atom is 0.254 e. The number of carbonyl (C=O) groups is 1. The van der Waals surface area contributed by atoms with E-state index in [1.807, 2.05) is 42.7 Å². The number of nitrogens with zero attached hydrogens (tertiary/aromatic N) is 4. The molecule has 3 aromatic rings. The molecule has 3 heterocycles. The molecule has 3 saturated carbocycles. The van der Waals surface area contributed by atoms with E-state index in [4.69, 9.17) is 4.98 Å². The van der Waals surface area contributed by atoms with E-state index in [1.165, 1.54) is 12.8 Å². The molecule has 27 heavy (non-hydrogen) atoms. The van der Waals surface area contributed by atoms with Gasteiger partial charge in [0.1, 0.15) is 17.8 Å². The van der Waals surface area contributed by atoms with E-state index < -0.39 is 0 Å². The molecule has 0 spiro atoms. The largest absolute Gasteiger partial charge is 0.348 e. The van der Waals surface area contributed by atoms with Crippen molar-refractivity contribution in [2.24, 2.45) is 11.8 Å². The standard InChI is InChI=1S/C20H18N6O/c27-20-17-11(9-21-20)3-1-4-14(17)23-16-6-2-5-15(24-16)19-25-22-10-26(19)18-12-7-13(18)8-12/h1-6,10,12-13,18H,7-9H2,(H,21,27)(H,23,24). The van der Waals surface area contributed by atoms with Crippen LogP contribution in [0.3, 0.4) is 0 Å². The lowest BCUT2D eigenvalue weighted by atomic mass is 9.52. The Morgan fingerprint density at radius 3 is 2.78 bits per heavy atom. The van der Waals surface area contributed by atoms with Crippen molar-refractivity contribution in [1.82, 2.24) is 25.1 Å². The van der Waals surface area contributed by atoms with Gasteiger partial charge in [-0.2, -0.15) is 0 Å². The molecule has 2 N–H and O–H groups in total. The molecule has 0 saturated heterocycles. The lowest BCUT2D eigenvalue weighted by Gasteiger charge is -2.58. The Balaban J connectivity index is 1.33. The first-order valence-corrected chi connectivity index (χ1v) is 9.32. The third kappa shape index (κ3) is 2.14. The van der Waals surface area contributed by atoms with E-state index in [2.05, 4.69) is 25.4 Å². The number of pyridine rings is 1. The minimum absolute atomic E-state index is 0.0480. The van der Waals surface area contributed by atoms with Gasteiger partial charge in [0.05, 0.1) is 11.3 Å². The summed E-state index contributed by atoms with van der Waals surface area (Å²) in [5.41, 5.74) is 3.27. The summed E-state index contributed by atoms with van der Waals surface area (Å²) in [4.78, 5) is 16.9. The number of fused-ring (bicyclic) bond motifs is 1. The van der Waals surface area contributed by atoms with E-state index >= 15 is 0 Å². The van der Waals surface area contributed by atoms with Crippen molar-refractivity contribution in [3.63, 3.8) is 0 Å². The third-order valence-electron chi connectivity index (χ3n) is 6.13. The first kappa shape index (κ1) is 14.9. The van der Waals surface area contributed by atoms with Crippen LogP contribution in [-0.2, 0) is 6.54 Å². The fourth-order valence-corrected chi connectivity index (χ4v) is 4.51. The molecular formula is C20H18N6O. The molecule has 0 radical (unpaired) electrons. The minimum atomic E-state index is -0.0480. The fraction of sp³-hybridized carbons (Fsp3) is 0.300. The summed E-state index contributed by atoms with van der Waals surface area (Å²) >= 11 is 0. The van der Waals surface area contributed by atoms with E-state index in [0.29, 0.717) is 24.0 Å². The third-order valence-corrected chi connectivity index (χ3v) is 6.13. The van der Waals surface area contributed by atoms with Gasteiger partial charge in [-0.05, 0) is 48.4 Å². The number of anilines is 2. The van der Waals surface area contributed by atoms with Gasteiger partial charge in [0.15, 0.2) is 5.82 Å². The van der Waals surface area contributed by atoms with Crippen LogP contribution < -0.4 is 10.6 Å². The zero-order valence-electron chi connectivity index (χ0n) is 14.6. The topological polar surface area (TPSA) is 84.7 Å². The molecule has 7 heteroatoms. The molecular weight excluding hydrogens is 340 g/mol. The quantitative estimate of drug-likeness (QED) is 0.749. The molecule has 0 unspecified atom stereocenters. The van der Waals surface area contributed by atoms with Gasteiger partial charge < -0.3 is 15.2 Å². The predicted molar refractivity (Wildman–Crippen MR) is 99.4 cm³/mol. The first-order valence-electron chi connectivity index (χ1n) is 9.32. The molecule has 4 aliphatic rings. The maximum absolute atomic E-state index is 12.1. The molecule has 7 rings (SSSR count). The number of nitrogens with one attached hydrogen (secondary N) is 2. The van der Waals surface area contributed by atoms with Gasteiger partial charge in [0, 0.05) is 12.6 Å². The zero-order chi connectivity index (χ0) is 18.0. The summed E-state index contributed by atoms with van der Waals surface area (Å²) in [5, 5.41) is 14.6. The highest BCUT2D eigenvalue weighted by molar-refractivity contribution is 6.04. The lowest BCUT2D eigenvalue weighted by Crippen LogP contribution is -2.51. The van der Waals surface area contributed by atoms with Gasteiger partial charge in [-0.15, -0.1) is 10.2 Å². The van der Waals surface area contributed by atoms with E-state index in [0.717, 1.165) is 34.6 Å². The van der Waals surface area contributed by atoms with Crippen LogP contribution in [0.1, 0.15) is 34.8 Å². The molecule has 134 valence electrons. The van der Waals surface area contributed by atoms with E-state index in [1.54, 1.807) is 0 Å². The summed E-state index contributed by atoms with van der Waals surface area (Å²) in [7, 11) is 0. The monoisotopic (exact) mass is 358 g/mol. The summed E-state index contributed by atoms with van der Waals surface area (Å²) in [5.74, 6) is 3.00. The van der Waals surface area contributed by atoms with Crippen molar-refractivity contribution >= 4 is 17.4 Å². The summed E-state index contributed by atoms with van der Waals surface area (Å²) in [6.45, 7) is 0.573. The van der Waals surface area contributed by atoms with Crippen molar-refractivity contribution in [2.75, 3.05) is 5.32 Å². The minimum Gasteiger partial charge on any atom is -0.348 e. The highest BCUT2D eigenvalue weighted by atomic mass is 16.1. The predicted octanol–water partition coefficient (Wildman–Crippen LogP) is 2.91. The number of aromatic nitrogens is 4. The number of rotatable bonds is 4. The van der Waals surface area contributed by atoms with Crippen molar-refractivity contribution in [3.05, 3.63) is 53.9 Å². The normalized spacial score (nSPS) is 24.6. The number of amides is 1. The van der Waals surface area contributed by atoms with Crippen molar-refractivity contribution in [3.8, 4) is 11.5 Å². The van der Waals surface area contributed by atoms with E-state index in [-0.39, 0.29) is 5.91 Å². The summed E-state index contributed by atoms with van der Waals surface area (Å²) < 4.78 is 2.18. The van der Waals surface area contributed by atoms with Gasteiger partial charge in [-0.25, -0.2) is 4.98 Å². The lowest BCUT2D eigenvalue weighted by molar-refractivity contribution is -0.0666. The molecule has 2 aromatic heterocycles. The van der Waals surface area contributed by atoms with Gasteiger partial charge in [0.2, 0.25) is 0 Å². The fourth-order valence-electron chi connectivity index (χ4n) is 4.51. The Hall–Kier alpha value is -3.22. The maximum atomic E-state index is 12.1. The Kier molecular flexibility index (Phi) is 2.97. The zero-order valence-corrected chi connectivity index (χ0v) is 14.6. The van der Waals surface area contributed by atoms with Gasteiger partial charge in [-0.1, -0.05) is 18.2 Å². The molecule has 3 aliphatic carbocycles. The SMILES string of the molecule is O=C1NCc2cccc(Nc3cccc(-c4nncn4C4C5CC4C5)n3)c21. The Bertz CT molecular complexity index is 1060. The number of hydrogen-bond donors (Lipinski definition) is 2. The average molecular weight is 358 g/mol. The van der Waals surface area contributed by atoms with Crippen LogP contribution in [0.2, 0.25) is 0 Å². The van der Waals surface area contributed by atoms with Crippen molar-refractivity contribution in [2.45, 2.75) is 25.4 Å². The average Bonchev–Trinajstić information content (AvgIpc) is 3.20.